The van der Waals surface area contributed by atoms with Crippen LogP contribution in [-0.2, 0) is 19.6 Å². The van der Waals surface area contributed by atoms with Crippen LogP contribution in [0.25, 0.3) is 0 Å². The van der Waals surface area contributed by atoms with E-state index in [1.54, 1.807) is 35.5 Å². The van der Waals surface area contributed by atoms with Gasteiger partial charge in [-0.3, -0.25) is 4.79 Å². The van der Waals surface area contributed by atoms with E-state index in [1.807, 2.05) is 0 Å². The molecule has 0 spiro atoms. The Bertz CT molecular complexity index is 622. The Labute approximate surface area is 146 Å². The standard InChI is InChI=1S/C16H22BrNO4S/c1-2-16(19)22-12-9-13-7-10-18(11-8-13)23(20,21)15-5-3-14(17)4-6-15/h3-6,13H,2,7-12H2,1H3. The fraction of sp³-hybridized carbons (Fsp3) is 0.562. The lowest BCUT2D eigenvalue weighted by Gasteiger charge is -2.31. The molecule has 1 aliphatic rings. The highest BCUT2D eigenvalue weighted by molar-refractivity contribution is 9.10. The van der Waals surface area contributed by atoms with Crippen molar-refractivity contribution in [3.05, 3.63) is 28.7 Å². The summed E-state index contributed by atoms with van der Waals surface area (Å²) in [6.45, 7) is 3.24. The molecule has 0 radical (unpaired) electrons. The molecule has 0 amide bonds. The van der Waals surface area contributed by atoms with Crippen molar-refractivity contribution in [2.75, 3.05) is 19.7 Å². The lowest BCUT2D eigenvalue weighted by atomic mass is 9.95. The van der Waals surface area contributed by atoms with Gasteiger partial charge in [-0.05, 0) is 49.4 Å². The molecular formula is C16H22BrNO4S. The van der Waals surface area contributed by atoms with E-state index in [-0.39, 0.29) is 5.97 Å². The quantitative estimate of drug-likeness (QED) is 0.684. The van der Waals surface area contributed by atoms with Gasteiger partial charge in [0.1, 0.15) is 0 Å². The maximum atomic E-state index is 12.6. The number of benzene rings is 1. The van der Waals surface area contributed by atoms with Gasteiger partial charge in [0, 0.05) is 24.0 Å². The van der Waals surface area contributed by atoms with Crippen molar-refractivity contribution in [3.8, 4) is 0 Å². The van der Waals surface area contributed by atoms with E-state index in [9.17, 15) is 13.2 Å². The molecule has 1 aromatic carbocycles. The lowest BCUT2D eigenvalue weighted by molar-refractivity contribution is -0.143. The zero-order chi connectivity index (χ0) is 16.9. The molecule has 1 aromatic rings. The van der Waals surface area contributed by atoms with Gasteiger partial charge in [0.05, 0.1) is 11.5 Å². The molecule has 1 heterocycles. The molecule has 7 heteroatoms. The molecule has 0 aromatic heterocycles. The number of nitrogens with zero attached hydrogens (tertiary/aromatic N) is 1. The van der Waals surface area contributed by atoms with Crippen LogP contribution >= 0.6 is 15.9 Å². The minimum absolute atomic E-state index is 0.180. The molecule has 0 saturated carbocycles. The van der Waals surface area contributed by atoms with Crippen molar-refractivity contribution < 1.29 is 17.9 Å². The third-order valence-corrected chi connectivity index (χ3v) is 6.54. The topological polar surface area (TPSA) is 63.7 Å². The molecule has 1 saturated heterocycles. The fourth-order valence-corrected chi connectivity index (χ4v) is 4.37. The second kappa shape index (κ2) is 8.26. The summed E-state index contributed by atoms with van der Waals surface area (Å²) in [4.78, 5) is 11.4. The van der Waals surface area contributed by atoms with Gasteiger partial charge in [0.25, 0.3) is 0 Å². The number of carbonyl (C=O) groups excluding carboxylic acids is 1. The second-order valence-electron chi connectivity index (χ2n) is 5.66. The molecule has 0 unspecified atom stereocenters. The van der Waals surface area contributed by atoms with Crippen LogP contribution in [0.3, 0.4) is 0 Å². The number of piperidine rings is 1. The second-order valence-corrected chi connectivity index (χ2v) is 8.52. The van der Waals surface area contributed by atoms with Gasteiger partial charge in [0.2, 0.25) is 10.0 Å². The van der Waals surface area contributed by atoms with E-state index in [4.69, 9.17) is 4.74 Å². The van der Waals surface area contributed by atoms with Gasteiger partial charge < -0.3 is 4.74 Å². The van der Waals surface area contributed by atoms with Crippen molar-refractivity contribution in [1.82, 2.24) is 4.31 Å². The molecule has 2 rings (SSSR count). The Balaban J connectivity index is 1.86. The molecular weight excluding hydrogens is 382 g/mol. The first-order chi connectivity index (χ1) is 10.9. The largest absolute Gasteiger partial charge is 0.466 e. The molecule has 1 aliphatic heterocycles. The maximum Gasteiger partial charge on any atom is 0.305 e. The Morgan fingerprint density at radius 1 is 1.26 bits per heavy atom. The zero-order valence-electron chi connectivity index (χ0n) is 13.2. The van der Waals surface area contributed by atoms with E-state index in [0.29, 0.717) is 36.9 Å². The number of rotatable bonds is 6. The first kappa shape index (κ1) is 18.4. The summed E-state index contributed by atoms with van der Waals surface area (Å²) in [7, 11) is -3.41. The normalized spacial score (nSPS) is 17.1. The predicted molar refractivity (Wildman–Crippen MR) is 91.5 cm³/mol. The third-order valence-electron chi connectivity index (χ3n) is 4.10. The van der Waals surface area contributed by atoms with E-state index in [0.717, 1.165) is 23.7 Å². The van der Waals surface area contributed by atoms with Crippen molar-refractivity contribution in [2.24, 2.45) is 5.92 Å². The van der Waals surface area contributed by atoms with Gasteiger partial charge in [-0.2, -0.15) is 4.31 Å². The first-order valence-corrected chi connectivity index (χ1v) is 10.1. The Morgan fingerprint density at radius 2 is 1.87 bits per heavy atom. The number of halogens is 1. The van der Waals surface area contributed by atoms with E-state index >= 15 is 0 Å². The Kier molecular flexibility index (Phi) is 6.61. The molecule has 0 atom stereocenters. The zero-order valence-corrected chi connectivity index (χ0v) is 15.6. The number of ether oxygens (including phenoxy) is 1. The van der Waals surface area contributed by atoms with Crippen LogP contribution in [0.2, 0.25) is 0 Å². The summed E-state index contributed by atoms with van der Waals surface area (Å²) in [6, 6.07) is 6.72. The van der Waals surface area contributed by atoms with E-state index in [2.05, 4.69) is 15.9 Å². The first-order valence-electron chi connectivity index (χ1n) is 7.85. The van der Waals surface area contributed by atoms with Crippen LogP contribution in [0.4, 0.5) is 0 Å². The average Bonchev–Trinajstić information content (AvgIpc) is 2.55. The van der Waals surface area contributed by atoms with Gasteiger partial charge in [0.15, 0.2) is 0 Å². The average molecular weight is 404 g/mol. The summed E-state index contributed by atoms with van der Waals surface area (Å²) in [5, 5.41) is 0. The third kappa shape index (κ3) is 5.02. The van der Waals surface area contributed by atoms with Crippen molar-refractivity contribution >= 4 is 31.9 Å². The molecule has 5 nitrogen and oxygen atoms in total. The molecule has 0 bridgehead atoms. The number of hydrogen-bond acceptors (Lipinski definition) is 4. The van der Waals surface area contributed by atoms with Crippen molar-refractivity contribution in [1.29, 1.82) is 0 Å². The van der Waals surface area contributed by atoms with Gasteiger partial charge in [-0.15, -0.1) is 0 Å². The van der Waals surface area contributed by atoms with Crippen LogP contribution in [0.1, 0.15) is 32.6 Å². The molecule has 1 fully saturated rings. The minimum Gasteiger partial charge on any atom is -0.466 e. The fourth-order valence-electron chi connectivity index (χ4n) is 2.64. The summed E-state index contributed by atoms with van der Waals surface area (Å²) < 4.78 is 32.7. The summed E-state index contributed by atoms with van der Waals surface area (Å²) >= 11 is 3.31. The monoisotopic (exact) mass is 403 g/mol. The van der Waals surface area contributed by atoms with Crippen molar-refractivity contribution in [2.45, 2.75) is 37.5 Å². The molecule has 0 N–H and O–H groups in total. The Morgan fingerprint density at radius 3 is 2.43 bits per heavy atom. The number of esters is 1. The maximum absolute atomic E-state index is 12.6. The smallest absolute Gasteiger partial charge is 0.305 e. The highest BCUT2D eigenvalue weighted by Gasteiger charge is 2.29. The molecule has 23 heavy (non-hydrogen) atoms. The van der Waals surface area contributed by atoms with Gasteiger partial charge in [-0.25, -0.2) is 8.42 Å². The summed E-state index contributed by atoms with van der Waals surface area (Å²) in [6.07, 6.45) is 2.81. The van der Waals surface area contributed by atoms with Crippen LogP contribution in [0, 0.1) is 5.92 Å². The van der Waals surface area contributed by atoms with E-state index < -0.39 is 10.0 Å². The van der Waals surface area contributed by atoms with E-state index in [1.165, 1.54) is 0 Å². The summed E-state index contributed by atoms with van der Waals surface area (Å²) in [5.41, 5.74) is 0. The van der Waals surface area contributed by atoms with Gasteiger partial charge in [-0.1, -0.05) is 22.9 Å². The minimum atomic E-state index is -3.41. The molecule has 0 aliphatic carbocycles. The predicted octanol–water partition coefficient (Wildman–Crippen LogP) is 3.19. The lowest BCUT2D eigenvalue weighted by Crippen LogP contribution is -2.38. The van der Waals surface area contributed by atoms with Crippen LogP contribution in [-0.4, -0.2) is 38.4 Å². The Hall–Kier alpha value is -0.920. The number of hydrogen-bond donors (Lipinski definition) is 0. The highest BCUT2D eigenvalue weighted by Crippen LogP contribution is 2.26. The number of carbonyl (C=O) groups is 1. The van der Waals surface area contributed by atoms with Crippen LogP contribution in [0.15, 0.2) is 33.6 Å². The highest BCUT2D eigenvalue weighted by atomic mass is 79.9. The number of sulfonamides is 1. The molecule has 128 valence electrons. The van der Waals surface area contributed by atoms with Gasteiger partial charge >= 0.3 is 5.97 Å². The summed E-state index contributed by atoms with van der Waals surface area (Å²) in [5.74, 6) is 0.233. The van der Waals surface area contributed by atoms with Crippen LogP contribution < -0.4 is 0 Å². The van der Waals surface area contributed by atoms with Crippen molar-refractivity contribution in [3.63, 3.8) is 0 Å². The van der Waals surface area contributed by atoms with Crippen LogP contribution in [0.5, 0.6) is 0 Å². The SMILES string of the molecule is CCC(=O)OCCC1CCN(S(=O)(=O)c2ccc(Br)cc2)CC1.